The van der Waals surface area contributed by atoms with E-state index in [0.29, 0.717) is 23.8 Å². The van der Waals surface area contributed by atoms with Gasteiger partial charge in [-0.05, 0) is 13.0 Å². The number of alkyl halides is 2. The van der Waals surface area contributed by atoms with Crippen molar-refractivity contribution in [3.05, 3.63) is 16.9 Å². The minimum Gasteiger partial charge on any atom is -0.304 e. The maximum absolute atomic E-state index is 12.9. The minimum absolute atomic E-state index is 0.291. The minimum atomic E-state index is -2.50. The van der Waals surface area contributed by atoms with Gasteiger partial charge in [0.2, 0.25) is 0 Å². The van der Waals surface area contributed by atoms with Crippen LogP contribution < -0.4 is 5.32 Å². The molecule has 1 aromatic rings. The van der Waals surface area contributed by atoms with E-state index < -0.39 is 12.5 Å². The van der Waals surface area contributed by atoms with Crippen LogP contribution in [-0.4, -0.2) is 22.8 Å². The van der Waals surface area contributed by atoms with E-state index in [1.807, 2.05) is 6.92 Å². The van der Waals surface area contributed by atoms with Crippen molar-refractivity contribution in [3.63, 3.8) is 0 Å². The average Bonchev–Trinajstić information content (AvgIpc) is 2.57. The molecule has 0 fully saturated rings. The van der Waals surface area contributed by atoms with Gasteiger partial charge < -0.3 is 5.32 Å². The van der Waals surface area contributed by atoms with Crippen molar-refractivity contribution in [3.8, 4) is 0 Å². The number of halogens is 3. The maximum atomic E-state index is 12.9. The highest BCUT2D eigenvalue weighted by Crippen LogP contribution is 2.27. The molecule has 1 atom stereocenters. The van der Waals surface area contributed by atoms with Crippen LogP contribution in [0, 0.1) is 0 Å². The molecule has 16 heavy (non-hydrogen) atoms. The Morgan fingerprint density at radius 1 is 1.50 bits per heavy atom. The van der Waals surface area contributed by atoms with Crippen molar-refractivity contribution in [2.24, 2.45) is 0 Å². The highest BCUT2D eigenvalue weighted by Gasteiger charge is 2.27. The summed E-state index contributed by atoms with van der Waals surface area (Å²) in [5.74, 6) is 0. The molecular formula is C10H16ClF2N3. The molecule has 3 nitrogen and oxygen atoms in total. The summed E-state index contributed by atoms with van der Waals surface area (Å²) in [6, 6.07) is -1.05. The van der Waals surface area contributed by atoms with Gasteiger partial charge in [-0.2, -0.15) is 5.10 Å². The van der Waals surface area contributed by atoms with Gasteiger partial charge in [0.1, 0.15) is 6.04 Å². The second-order valence-electron chi connectivity index (χ2n) is 3.47. The fourth-order valence-electron chi connectivity index (χ4n) is 1.60. The third-order valence-electron chi connectivity index (χ3n) is 2.24. The SMILES string of the molecule is CCCn1ncc(Cl)c1C(NCC)C(F)F. The Morgan fingerprint density at radius 2 is 2.19 bits per heavy atom. The molecule has 0 aliphatic heterocycles. The van der Waals surface area contributed by atoms with Crippen LogP contribution >= 0.6 is 11.6 Å². The summed E-state index contributed by atoms with van der Waals surface area (Å²) < 4.78 is 27.3. The molecule has 1 N–H and O–H groups in total. The fourth-order valence-corrected chi connectivity index (χ4v) is 1.85. The molecule has 6 heteroatoms. The van der Waals surface area contributed by atoms with E-state index in [1.54, 1.807) is 11.6 Å². The Kier molecular flexibility index (Phi) is 5.15. The molecule has 1 unspecified atom stereocenters. The van der Waals surface area contributed by atoms with E-state index in [9.17, 15) is 8.78 Å². The Balaban J connectivity index is 3.01. The van der Waals surface area contributed by atoms with E-state index >= 15 is 0 Å². The number of aromatic nitrogens is 2. The number of hydrogen-bond donors (Lipinski definition) is 1. The lowest BCUT2D eigenvalue weighted by molar-refractivity contribution is 0.0950. The normalized spacial score (nSPS) is 13.4. The van der Waals surface area contributed by atoms with Gasteiger partial charge in [-0.3, -0.25) is 4.68 Å². The molecule has 0 aliphatic carbocycles. The van der Waals surface area contributed by atoms with Crippen molar-refractivity contribution in [1.82, 2.24) is 15.1 Å². The highest BCUT2D eigenvalue weighted by atomic mass is 35.5. The number of aryl methyl sites for hydroxylation is 1. The van der Waals surface area contributed by atoms with Gasteiger partial charge in [0.05, 0.1) is 16.9 Å². The van der Waals surface area contributed by atoms with E-state index in [-0.39, 0.29) is 0 Å². The molecule has 1 rings (SSSR count). The summed E-state index contributed by atoms with van der Waals surface area (Å²) in [5.41, 5.74) is 0.375. The summed E-state index contributed by atoms with van der Waals surface area (Å²) in [6.45, 7) is 4.80. The number of nitrogens with zero attached hydrogens (tertiary/aromatic N) is 2. The van der Waals surface area contributed by atoms with Crippen molar-refractivity contribution >= 4 is 11.6 Å². The molecule has 0 amide bonds. The van der Waals surface area contributed by atoms with Gasteiger partial charge >= 0.3 is 0 Å². The summed E-state index contributed by atoms with van der Waals surface area (Å²) in [5, 5.41) is 7.02. The quantitative estimate of drug-likeness (QED) is 0.843. The van der Waals surface area contributed by atoms with Gasteiger partial charge in [0.15, 0.2) is 0 Å². The summed E-state index contributed by atoms with van der Waals surface area (Å²) >= 11 is 5.90. The second-order valence-corrected chi connectivity index (χ2v) is 3.88. The van der Waals surface area contributed by atoms with Crippen LogP contribution in [0.2, 0.25) is 5.02 Å². The lowest BCUT2D eigenvalue weighted by Gasteiger charge is -2.18. The number of hydrogen-bond acceptors (Lipinski definition) is 2. The first kappa shape index (κ1) is 13.4. The van der Waals surface area contributed by atoms with Crippen molar-refractivity contribution in [2.75, 3.05) is 6.54 Å². The Labute approximate surface area is 98.8 Å². The van der Waals surface area contributed by atoms with Crippen LogP contribution in [0.15, 0.2) is 6.20 Å². The third kappa shape index (κ3) is 2.92. The Hall–Kier alpha value is -0.680. The topological polar surface area (TPSA) is 29.9 Å². The molecule has 0 aromatic carbocycles. The fraction of sp³-hybridized carbons (Fsp3) is 0.700. The second kappa shape index (κ2) is 6.15. The Morgan fingerprint density at radius 3 is 2.69 bits per heavy atom. The first-order valence-corrected chi connectivity index (χ1v) is 5.72. The van der Waals surface area contributed by atoms with Gasteiger partial charge in [-0.15, -0.1) is 0 Å². The van der Waals surface area contributed by atoms with Crippen LogP contribution in [0.5, 0.6) is 0 Å². The van der Waals surface area contributed by atoms with E-state index in [4.69, 9.17) is 11.6 Å². The van der Waals surface area contributed by atoms with E-state index in [0.717, 1.165) is 6.42 Å². The monoisotopic (exact) mass is 251 g/mol. The molecule has 0 spiro atoms. The van der Waals surface area contributed by atoms with Crippen molar-refractivity contribution in [1.29, 1.82) is 0 Å². The molecule has 0 saturated carbocycles. The van der Waals surface area contributed by atoms with E-state index in [2.05, 4.69) is 10.4 Å². The highest BCUT2D eigenvalue weighted by molar-refractivity contribution is 6.31. The van der Waals surface area contributed by atoms with Gasteiger partial charge in [-0.25, -0.2) is 8.78 Å². The molecule has 0 saturated heterocycles. The molecule has 1 heterocycles. The lowest BCUT2D eigenvalue weighted by atomic mass is 10.2. The van der Waals surface area contributed by atoms with Gasteiger partial charge in [0, 0.05) is 6.54 Å². The molecule has 0 aliphatic rings. The third-order valence-corrected chi connectivity index (χ3v) is 2.53. The first-order valence-electron chi connectivity index (χ1n) is 5.34. The smallest absolute Gasteiger partial charge is 0.259 e. The van der Waals surface area contributed by atoms with Gasteiger partial charge in [-0.1, -0.05) is 25.4 Å². The predicted octanol–water partition coefficient (Wildman–Crippen LogP) is 2.86. The molecule has 0 radical (unpaired) electrons. The first-order chi connectivity index (χ1) is 7.61. The zero-order valence-electron chi connectivity index (χ0n) is 9.38. The average molecular weight is 252 g/mol. The Bertz CT molecular complexity index is 328. The summed E-state index contributed by atoms with van der Waals surface area (Å²) in [7, 11) is 0. The maximum Gasteiger partial charge on any atom is 0.259 e. The molecule has 0 bridgehead atoms. The van der Waals surface area contributed by atoms with Crippen LogP contribution in [0.3, 0.4) is 0 Å². The number of rotatable bonds is 6. The van der Waals surface area contributed by atoms with Crippen molar-refractivity contribution in [2.45, 2.75) is 39.3 Å². The largest absolute Gasteiger partial charge is 0.304 e. The standard InChI is InChI=1S/C10H16ClF2N3/c1-3-5-16-9(7(11)6-15-16)8(10(12)13)14-4-2/h6,8,10,14H,3-5H2,1-2H3. The molecule has 92 valence electrons. The molecule has 1 aromatic heterocycles. The summed E-state index contributed by atoms with van der Waals surface area (Å²) in [4.78, 5) is 0. The van der Waals surface area contributed by atoms with Crippen LogP contribution in [0.1, 0.15) is 32.0 Å². The zero-order chi connectivity index (χ0) is 12.1. The molecular weight excluding hydrogens is 236 g/mol. The predicted molar refractivity (Wildman–Crippen MR) is 59.9 cm³/mol. The van der Waals surface area contributed by atoms with Gasteiger partial charge in [0.25, 0.3) is 6.43 Å². The number of nitrogens with one attached hydrogen (secondary N) is 1. The van der Waals surface area contributed by atoms with Crippen LogP contribution in [0.25, 0.3) is 0 Å². The van der Waals surface area contributed by atoms with Crippen LogP contribution in [-0.2, 0) is 6.54 Å². The zero-order valence-corrected chi connectivity index (χ0v) is 10.1. The van der Waals surface area contributed by atoms with Crippen LogP contribution in [0.4, 0.5) is 8.78 Å². The van der Waals surface area contributed by atoms with E-state index in [1.165, 1.54) is 6.20 Å². The lowest BCUT2D eigenvalue weighted by Crippen LogP contribution is -2.29. The summed E-state index contributed by atoms with van der Waals surface area (Å²) in [6.07, 6.45) is -0.253. The van der Waals surface area contributed by atoms with Crippen molar-refractivity contribution < 1.29 is 8.78 Å².